The fourth-order valence-corrected chi connectivity index (χ4v) is 2.73. The smallest absolute Gasteiger partial charge is 0.226 e. The van der Waals surface area contributed by atoms with E-state index in [0.717, 1.165) is 22.9 Å². The van der Waals surface area contributed by atoms with Gasteiger partial charge in [0.2, 0.25) is 5.91 Å². The summed E-state index contributed by atoms with van der Waals surface area (Å²) in [6.07, 6.45) is 1.82. The zero-order valence-electron chi connectivity index (χ0n) is 10.5. The lowest BCUT2D eigenvalue weighted by Crippen LogP contribution is -2.34. The van der Waals surface area contributed by atoms with Gasteiger partial charge >= 0.3 is 0 Å². The van der Waals surface area contributed by atoms with Crippen LogP contribution in [0.2, 0.25) is 0 Å². The van der Waals surface area contributed by atoms with Gasteiger partial charge in [-0.3, -0.25) is 4.79 Å². The SMILES string of the molecule is CCC1OCCC1C(=O)NCc1ccccc1Br. The van der Waals surface area contributed by atoms with Gasteiger partial charge in [-0.05, 0) is 24.5 Å². The minimum Gasteiger partial charge on any atom is -0.377 e. The third-order valence-electron chi connectivity index (χ3n) is 3.36. The van der Waals surface area contributed by atoms with E-state index >= 15 is 0 Å². The first-order chi connectivity index (χ1) is 8.72. The third kappa shape index (κ3) is 3.12. The van der Waals surface area contributed by atoms with E-state index in [1.54, 1.807) is 0 Å². The van der Waals surface area contributed by atoms with Crippen LogP contribution in [0.1, 0.15) is 25.3 Å². The maximum absolute atomic E-state index is 12.1. The number of hydrogen-bond acceptors (Lipinski definition) is 2. The number of carbonyl (C=O) groups is 1. The fourth-order valence-electron chi connectivity index (χ4n) is 2.31. The van der Waals surface area contributed by atoms with Gasteiger partial charge in [-0.25, -0.2) is 0 Å². The van der Waals surface area contributed by atoms with Crippen molar-refractivity contribution in [3.05, 3.63) is 34.3 Å². The third-order valence-corrected chi connectivity index (χ3v) is 4.13. The van der Waals surface area contributed by atoms with Crippen molar-refractivity contribution in [3.63, 3.8) is 0 Å². The molecule has 1 aliphatic rings. The van der Waals surface area contributed by atoms with Crippen molar-refractivity contribution in [1.29, 1.82) is 0 Å². The molecule has 1 aromatic carbocycles. The van der Waals surface area contributed by atoms with E-state index < -0.39 is 0 Å². The number of ether oxygens (including phenoxy) is 1. The van der Waals surface area contributed by atoms with Crippen molar-refractivity contribution < 1.29 is 9.53 Å². The van der Waals surface area contributed by atoms with Gasteiger partial charge in [-0.1, -0.05) is 41.1 Å². The lowest BCUT2D eigenvalue weighted by Gasteiger charge is -2.16. The molecule has 1 heterocycles. The highest BCUT2D eigenvalue weighted by Crippen LogP contribution is 2.23. The molecule has 18 heavy (non-hydrogen) atoms. The zero-order valence-corrected chi connectivity index (χ0v) is 12.1. The van der Waals surface area contributed by atoms with Gasteiger partial charge in [0.05, 0.1) is 12.0 Å². The van der Waals surface area contributed by atoms with Crippen molar-refractivity contribution in [2.75, 3.05) is 6.61 Å². The summed E-state index contributed by atoms with van der Waals surface area (Å²) in [6.45, 7) is 3.32. The molecular formula is C14H18BrNO2. The van der Waals surface area contributed by atoms with Crippen molar-refractivity contribution in [1.82, 2.24) is 5.32 Å². The average molecular weight is 312 g/mol. The summed E-state index contributed by atoms with van der Waals surface area (Å²) in [5, 5.41) is 3.00. The lowest BCUT2D eigenvalue weighted by atomic mass is 9.98. The van der Waals surface area contributed by atoms with Crippen LogP contribution in [0.15, 0.2) is 28.7 Å². The minimum atomic E-state index is 0.0116. The number of nitrogens with one attached hydrogen (secondary N) is 1. The number of halogens is 1. The first-order valence-corrected chi connectivity index (χ1v) is 7.14. The predicted molar refractivity (Wildman–Crippen MR) is 74.1 cm³/mol. The van der Waals surface area contributed by atoms with Crippen LogP contribution in [0.25, 0.3) is 0 Å². The molecule has 0 radical (unpaired) electrons. The normalized spacial score (nSPS) is 23.0. The van der Waals surface area contributed by atoms with E-state index in [1.807, 2.05) is 24.3 Å². The van der Waals surface area contributed by atoms with Crippen LogP contribution < -0.4 is 5.32 Å². The molecule has 4 heteroatoms. The standard InChI is InChI=1S/C14H18BrNO2/c1-2-13-11(7-8-18-13)14(17)16-9-10-5-3-4-6-12(10)15/h3-6,11,13H,2,7-9H2,1H3,(H,16,17). The Morgan fingerprint density at radius 1 is 1.50 bits per heavy atom. The molecule has 1 aliphatic heterocycles. The van der Waals surface area contributed by atoms with Crippen LogP contribution in [0.3, 0.4) is 0 Å². The summed E-state index contributed by atoms with van der Waals surface area (Å²) in [6, 6.07) is 7.93. The first kappa shape index (κ1) is 13.6. The molecule has 0 spiro atoms. The van der Waals surface area contributed by atoms with Gasteiger partial charge in [0.1, 0.15) is 0 Å². The Morgan fingerprint density at radius 2 is 2.28 bits per heavy atom. The Labute approximate surface area is 116 Å². The Balaban J connectivity index is 1.90. The van der Waals surface area contributed by atoms with Gasteiger partial charge in [0.15, 0.2) is 0 Å². The van der Waals surface area contributed by atoms with Crippen LogP contribution in [0.5, 0.6) is 0 Å². The number of benzene rings is 1. The maximum atomic E-state index is 12.1. The monoisotopic (exact) mass is 311 g/mol. The quantitative estimate of drug-likeness (QED) is 0.928. The second kappa shape index (κ2) is 6.34. The van der Waals surface area contributed by atoms with Crippen LogP contribution >= 0.6 is 15.9 Å². The van der Waals surface area contributed by atoms with Crippen molar-refractivity contribution >= 4 is 21.8 Å². The van der Waals surface area contributed by atoms with Gasteiger partial charge in [-0.15, -0.1) is 0 Å². The molecule has 1 aromatic rings. The molecule has 2 unspecified atom stereocenters. The molecule has 1 N–H and O–H groups in total. The van der Waals surface area contributed by atoms with Crippen LogP contribution in [-0.4, -0.2) is 18.6 Å². The molecule has 1 saturated heterocycles. The number of hydrogen-bond donors (Lipinski definition) is 1. The van der Waals surface area contributed by atoms with Gasteiger partial charge < -0.3 is 10.1 Å². The number of carbonyl (C=O) groups excluding carboxylic acids is 1. The summed E-state index contributed by atoms with van der Waals surface area (Å²) in [4.78, 5) is 12.1. The average Bonchev–Trinajstić information content (AvgIpc) is 2.86. The Kier molecular flexibility index (Phi) is 4.78. The summed E-state index contributed by atoms with van der Waals surface area (Å²) < 4.78 is 6.57. The molecule has 2 atom stereocenters. The van der Waals surface area contributed by atoms with E-state index in [-0.39, 0.29) is 17.9 Å². The number of rotatable bonds is 4. The molecule has 0 bridgehead atoms. The summed E-state index contributed by atoms with van der Waals surface area (Å²) >= 11 is 3.48. The van der Waals surface area contributed by atoms with E-state index in [4.69, 9.17) is 4.74 Å². The molecule has 1 fully saturated rings. The van der Waals surface area contributed by atoms with Crippen LogP contribution in [-0.2, 0) is 16.1 Å². The van der Waals surface area contributed by atoms with Crippen molar-refractivity contribution in [2.45, 2.75) is 32.4 Å². The zero-order chi connectivity index (χ0) is 13.0. The Bertz CT molecular complexity index is 422. The van der Waals surface area contributed by atoms with Crippen molar-refractivity contribution in [2.24, 2.45) is 5.92 Å². The van der Waals surface area contributed by atoms with Gasteiger partial charge in [0.25, 0.3) is 0 Å². The topological polar surface area (TPSA) is 38.3 Å². The molecule has 1 amide bonds. The number of amides is 1. The second-order valence-corrected chi connectivity index (χ2v) is 5.38. The molecule has 3 nitrogen and oxygen atoms in total. The molecule has 98 valence electrons. The molecular weight excluding hydrogens is 294 g/mol. The summed E-state index contributed by atoms with van der Waals surface area (Å²) in [5.74, 6) is 0.118. The highest BCUT2D eigenvalue weighted by Gasteiger charge is 2.32. The minimum absolute atomic E-state index is 0.0116. The van der Waals surface area contributed by atoms with E-state index in [0.29, 0.717) is 13.2 Å². The Hall–Kier alpha value is -0.870. The van der Waals surface area contributed by atoms with Gasteiger partial charge in [0, 0.05) is 17.6 Å². The largest absolute Gasteiger partial charge is 0.377 e. The Morgan fingerprint density at radius 3 is 3.00 bits per heavy atom. The predicted octanol–water partition coefficient (Wildman–Crippen LogP) is 2.88. The van der Waals surface area contributed by atoms with E-state index in [2.05, 4.69) is 28.2 Å². The molecule has 0 aromatic heterocycles. The highest BCUT2D eigenvalue weighted by atomic mass is 79.9. The maximum Gasteiger partial charge on any atom is 0.226 e. The van der Waals surface area contributed by atoms with Crippen LogP contribution in [0, 0.1) is 5.92 Å². The first-order valence-electron chi connectivity index (χ1n) is 6.35. The fraction of sp³-hybridized carbons (Fsp3) is 0.500. The molecule has 0 aliphatic carbocycles. The highest BCUT2D eigenvalue weighted by molar-refractivity contribution is 9.10. The lowest BCUT2D eigenvalue weighted by molar-refractivity contribution is -0.126. The summed E-state index contributed by atoms with van der Waals surface area (Å²) in [7, 11) is 0. The molecule has 0 saturated carbocycles. The van der Waals surface area contributed by atoms with Gasteiger partial charge in [-0.2, -0.15) is 0 Å². The van der Waals surface area contributed by atoms with E-state index in [1.165, 1.54) is 0 Å². The van der Waals surface area contributed by atoms with E-state index in [9.17, 15) is 4.79 Å². The second-order valence-electron chi connectivity index (χ2n) is 4.52. The van der Waals surface area contributed by atoms with Crippen molar-refractivity contribution in [3.8, 4) is 0 Å². The molecule has 2 rings (SSSR count). The van der Waals surface area contributed by atoms with Crippen LogP contribution in [0.4, 0.5) is 0 Å². The summed E-state index contributed by atoms with van der Waals surface area (Å²) in [5.41, 5.74) is 1.10.